The van der Waals surface area contributed by atoms with E-state index in [9.17, 15) is 9.18 Å². The zero-order valence-corrected chi connectivity index (χ0v) is 15.1. The minimum atomic E-state index is -0.187. The van der Waals surface area contributed by atoms with Crippen LogP contribution in [0.5, 0.6) is 0 Å². The molecule has 2 fully saturated rings. The highest BCUT2D eigenvalue weighted by molar-refractivity contribution is 5.85. The maximum Gasteiger partial charge on any atom is 0.223 e. The lowest BCUT2D eigenvalue weighted by molar-refractivity contribution is -0.127. The molecular weight excluding hydrogens is 327 g/mol. The van der Waals surface area contributed by atoms with Crippen molar-refractivity contribution in [2.45, 2.75) is 44.4 Å². The van der Waals surface area contributed by atoms with Gasteiger partial charge >= 0.3 is 0 Å². The summed E-state index contributed by atoms with van der Waals surface area (Å²) in [5.74, 6) is 0.446. The van der Waals surface area contributed by atoms with Crippen LogP contribution in [0.25, 0.3) is 0 Å². The van der Waals surface area contributed by atoms with Crippen LogP contribution in [-0.2, 0) is 10.2 Å². The van der Waals surface area contributed by atoms with Crippen LogP contribution in [-0.4, -0.2) is 25.5 Å². The minimum Gasteiger partial charge on any atom is -0.355 e. The number of amides is 1. The molecule has 3 nitrogen and oxygen atoms in total. The largest absolute Gasteiger partial charge is 0.355 e. The SMILES string of the molecule is CC(C(=O)NCC1(c2cccc(F)c2)CCCCC1)C1CNC1.Cl. The number of halogens is 2. The molecule has 0 aromatic heterocycles. The van der Waals surface area contributed by atoms with Gasteiger partial charge in [0.05, 0.1) is 0 Å². The minimum absolute atomic E-state index is 0. The van der Waals surface area contributed by atoms with Crippen LogP contribution in [0.15, 0.2) is 24.3 Å². The third-order valence-corrected chi connectivity index (χ3v) is 5.78. The van der Waals surface area contributed by atoms with Crippen molar-refractivity contribution in [3.05, 3.63) is 35.6 Å². The second kappa shape index (κ2) is 8.30. The molecule has 0 radical (unpaired) electrons. The van der Waals surface area contributed by atoms with E-state index in [1.807, 2.05) is 13.0 Å². The van der Waals surface area contributed by atoms with Crippen LogP contribution in [0.1, 0.15) is 44.6 Å². The Balaban J connectivity index is 0.00000208. The van der Waals surface area contributed by atoms with Gasteiger partial charge in [0, 0.05) is 17.9 Å². The molecule has 1 aromatic rings. The molecule has 0 bridgehead atoms. The molecule has 0 spiro atoms. The Bertz CT molecular complexity index is 556. The summed E-state index contributed by atoms with van der Waals surface area (Å²) in [4.78, 5) is 12.4. The van der Waals surface area contributed by atoms with Gasteiger partial charge in [-0.2, -0.15) is 0 Å². The molecule has 1 saturated carbocycles. The predicted molar refractivity (Wildman–Crippen MR) is 96.9 cm³/mol. The molecule has 1 aliphatic carbocycles. The molecule has 1 heterocycles. The second-order valence-corrected chi connectivity index (χ2v) is 7.28. The number of hydrogen-bond acceptors (Lipinski definition) is 2. The highest BCUT2D eigenvalue weighted by atomic mass is 35.5. The van der Waals surface area contributed by atoms with E-state index in [4.69, 9.17) is 0 Å². The molecule has 1 aromatic carbocycles. The van der Waals surface area contributed by atoms with Gasteiger partial charge in [-0.25, -0.2) is 4.39 Å². The van der Waals surface area contributed by atoms with E-state index in [-0.39, 0.29) is 35.5 Å². The van der Waals surface area contributed by atoms with Crippen molar-refractivity contribution in [1.29, 1.82) is 0 Å². The summed E-state index contributed by atoms with van der Waals surface area (Å²) >= 11 is 0. The quantitative estimate of drug-likeness (QED) is 0.850. The van der Waals surface area contributed by atoms with E-state index < -0.39 is 0 Å². The lowest BCUT2D eigenvalue weighted by atomic mass is 9.69. The molecule has 134 valence electrons. The number of nitrogens with one attached hydrogen (secondary N) is 2. The monoisotopic (exact) mass is 354 g/mol. The van der Waals surface area contributed by atoms with Gasteiger partial charge in [-0.3, -0.25) is 4.79 Å². The Morgan fingerprint density at radius 2 is 2.04 bits per heavy atom. The van der Waals surface area contributed by atoms with Crippen molar-refractivity contribution in [3.63, 3.8) is 0 Å². The van der Waals surface area contributed by atoms with Crippen LogP contribution in [0.2, 0.25) is 0 Å². The van der Waals surface area contributed by atoms with Gasteiger partial charge in [0.25, 0.3) is 0 Å². The van der Waals surface area contributed by atoms with E-state index in [1.165, 1.54) is 12.5 Å². The number of rotatable bonds is 5. The predicted octanol–water partition coefficient (Wildman–Crippen LogP) is 3.42. The Hall–Kier alpha value is -1.13. The first-order chi connectivity index (χ1) is 11.1. The molecule has 2 N–H and O–H groups in total. The zero-order valence-electron chi connectivity index (χ0n) is 14.3. The summed E-state index contributed by atoms with van der Waals surface area (Å²) in [6.45, 7) is 4.50. The Labute approximate surface area is 150 Å². The lowest BCUT2D eigenvalue weighted by Gasteiger charge is -2.39. The Kier molecular flexibility index (Phi) is 6.64. The highest BCUT2D eigenvalue weighted by Crippen LogP contribution is 2.39. The summed E-state index contributed by atoms with van der Waals surface area (Å²) in [7, 11) is 0. The standard InChI is InChI=1S/C19H27FN2O.ClH/c1-14(15-11-21-12-15)18(23)22-13-19(8-3-2-4-9-19)16-6-5-7-17(20)10-16;/h5-7,10,14-15,21H,2-4,8-9,11-13H2,1H3,(H,22,23);1H. The van der Waals surface area contributed by atoms with Crippen LogP contribution in [0, 0.1) is 17.7 Å². The third-order valence-electron chi connectivity index (χ3n) is 5.78. The summed E-state index contributed by atoms with van der Waals surface area (Å²) in [6, 6.07) is 6.94. The van der Waals surface area contributed by atoms with Gasteiger partial charge in [-0.05, 0) is 49.5 Å². The molecule has 1 unspecified atom stereocenters. The first kappa shape index (κ1) is 19.2. The Morgan fingerprint density at radius 3 is 2.62 bits per heavy atom. The van der Waals surface area contributed by atoms with Gasteiger partial charge in [0.15, 0.2) is 0 Å². The smallest absolute Gasteiger partial charge is 0.223 e. The number of hydrogen-bond donors (Lipinski definition) is 2. The molecule has 5 heteroatoms. The third kappa shape index (κ3) is 4.09. The van der Waals surface area contributed by atoms with Crippen molar-refractivity contribution in [2.24, 2.45) is 11.8 Å². The molecule has 1 atom stereocenters. The molecule has 3 rings (SSSR count). The van der Waals surface area contributed by atoms with Crippen molar-refractivity contribution >= 4 is 18.3 Å². The van der Waals surface area contributed by atoms with E-state index >= 15 is 0 Å². The molecular formula is C19H28ClFN2O. The fraction of sp³-hybridized carbons (Fsp3) is 0.632. The van der Waals surface area contributed by atoms with Crippen molar-refractivity contribution in [1.82, 2.24) is 10.6 Å². The van der Waals surface area contributed by atoms with Crippen molar-refractivity contribution < 1.29 is 9.18 Å². The molecule has 2 aliphatic rings. The van der Waals surface area contributed by atoms with E-state index in [1.54, 1.807) is 12.1 Å². The summed E-state index contributed by atoms with van der Waals surface area (Å²) < 4.78 is 13.7. The van der Waals surface area contributed by atoms with Crippen molar-refractivity contribution in [2.75, 3.05) is 19.6 Å². The van der Waals surface area contributed by atoms with Crippen LogP contribution in [0.3, 0.4) is 0 Å². The number of carbonyl (C=O) groups excluding carboxylic acids is 1. The summed E-state index contributed by atoms with van der Waals surface area (Å²) in [5.41, 5.74) is 0.934. The van der Waals surface area contributed by atoms with E-state index in [0.717, 1.165) is 44.3 Å². The second-order valence-electron chi connectivity index (χ2n) is 7.28. The molecule has 24 heavy (non-hydrogen) atoms. The molecule has 1 saturated heterocycles. The normalized spacial score (nSPS) is 21.2. The first-order valence-corrected chi connectivity index (χ1v) is 8.85. The molecule has 1 amide bonds. The number of benzene rings is 1. The first-order valence-electron chi connectivity index (χ1n) is 8.85. The van der Waals surface area contributed by atoms with Gasteiger partial charge in [-0.15, -0.1) is 12.4 Å². The van der Waals surface area contributed by atoms with E-state index in [2.05, 4.69) is 10.6 Å². The highest BCUT2D eigenvalue weighted by Gasteiger charge is 2.36. The average molecular weight is 355 g/mol. The fourth-order valence-corrected chi connectivity index (χ4v) is 3.91. The summed E-state index contributed by atoms with van der Waals surface area (Å²) in [6.07, 6.45) is 5.57. The maximum absolute atomic E-state index is 13.7. The summed E-state index contributed by atoms with van der Waals surface area (Å²) in [5, 5.41) is 6.39. The maximum atomic E-state index is 13.7. The molecule has 1 aliphatic heterocycles. The zero-order chi connectivity index (χ0) is 16.3. The lowest BCUT2D eigenvalue weighted by Crippen LogP contribution is -2.51. The van der Waals surface area contributed by atoms with Gasteiger partial charge < -0.3 is 10.6 Å². The van der Waals surface area contributed by atoms with Gasteiger partial charge in [-0.1, -0.05) is 38.3 Å². The van der Waals surface area contributed by atoms with Crippen LogP contribution in [0.4, 0.5) is 4.39 Å². The fourth-order valence-electron chi connectivity index (χ4n) is 3.91. The topological polar surface area (TPSA) is 41.1 Å². The van der Waals surface area contributed by atoms with Gasteiger partial charge in [0.2, 0.25) is 5.91 Å². The van der Waals surface area contributed by atoms with Crippen LogP contribution < -0.4 is 10.6 Å². The van der Waals surface area contributed by atoms with Crippen LogP contribution >= 0.6 is 12.4 Å². The van der Waals surface area contributed by atoms with Crippen molar-refractivity contribution in [3.8, 4) is 0 Å². The number of carbonyl (C=O) groups is 1. The average Bonchev–Trinajstić information content (AvgIpc) is 2.52. The Morgan fingerprint density at radius 1 is 1.33 bits per heavy atom. The van der Waals surface area contributed by atoms with E-state index in [0.29, 0.717) is 12.5 Å². The van der Waals surface area contributed by atoms with Gasteiger partial charge in [0.1, 0.15) is 5.82 Å².